The smallest absolute Gasteiger partial charge is 0.313 e. The molecule has 0 fully saturated rings. The lowest BCUT2D eigenvalue weighted by molar-refractivity contribution is -0.116. The Hall–Kier alpha value is -2.84. The molecule has 3 aromatic rings. The van der Waals surface area contributed by atoms with Gasteiger partial charge in [0.15, 0.2) is 11.4 Å². The Bertz CT molecular complexity index is 859. The van der Waals surface area contributed by atoms with Gasteiger partial charge in [-0.3, -0.25) is 4.79 Å². The third-order valence-corrected chi connectivity index (χ3v) is 3.27. The molecule has 1 aromatic carbocycles. The Morgan fingerprint density at radius 1 is 1.33 bits per heavy atom. The quantitative estimate of drug-likeness (QED) is 0.742. The number of nitrogens with zero attached hydrogens (tertiary/aromatic N) is 3. The van der Waals surface area contributed by atoms with Crippen molar-refractivity contribution < 1.29 is 22.5 Å². The van der Waals surface area contributed by atoms with Gasteiger partial charge in [0, 0.05) is 31.0 Å². The minimum atomic E-state index is -2.78. The number of amides is 1. The maximum atomic E-state index is 12.6. The zero-order valence-corrected chi connectivity index (χ0v) is 12.8. The molecule has 0 atom stereocenters. The summed E-state index contributed by atoms with van der Waals surface area (Å²) in [7, 11) is 0. The van der Waals surface area contributed by atoms with Gasteiger partial charge in [-0.1, -0.05) is 12.1 Å². The van der Waals surface area contributed by atoms with E-state index in [-0.39, 0.29) is 17.9 Å². The average Bonchev–Trinajstić information content (AvgIpc) is 3.19. The summed E-state index contributed by atoms with van der Waals surface area (Å²) >= 11 is 0. The number of nitrogens with one attached hydrogen (secondary N) is 1. The van der Waals surface area contributed by atoms with Crippen molar-refractivity contribution >= 4 is 22.7 Å². The highest BCUT2D eigenvalue weighted by Gasteiger charge is 2.16. The van der Waals surface area contributed by atoms with Crippen molar-refractivity contribution in [3.63, 3.8) is 0 Å². The number of oxazole rings is 1. The van der Waals surface area contributed by atoms with Gasteiger partial charge in [-0.25, -0.2) is 4.98 Å². The molecule has 24 heavy (non-hydrogen) atoms. The Labute approximate surface area is 135 Å². The molecule has 0 spiro atoms. The van der Waals surface area contributed by atoms with Crippen LogP contribution in [0.5, 0.6) is 0 Å². The first-order valence-corrected chi connectivity index (χ1v) is 7.35. The van der Waals surface area contributed by atoms with Gasteiger partial charge >= 0.3 is 6.43 Å². The Morgan fingerprint density at radius 2 is 2.17 bits per heavy atom. The van der Waals surface area contributed by atoms with Gasteiger partial charge < -0.3 is 14.3 Å². The summed E-state index contributed by atoms with van der Waals surface area (Å²) in [4.78, 5) is 19.7. The molecule has 0 saturated heterocycles. The lowest BCUT2D eigenvalue weighted by atomic mass is 10.2. The third-order valence-electron chi connectivity index (χ3n) is 3.27. The number of carbonyl (C=O) groups excluding carboxylic acids is 1. The molecule has 0 radical (unpaired) electrons. The normalized spacial score (nSPS) is 11.3. The van der Waals surface area contributed by atoms with Crippen molar-refractivity contribution in [3.8, 4) is 0 Å². The lowest BCUT2D eigenvalue weighted by Crippen LogP contribution is -2.12. The number of aromatic nitrogens is 3. The number of aryl methyl sites for hydroxylation is 2. The molecular formula is C15H14F2N4O3. The molecule has 1 N–H and O–H groups in total. The zero-order chi connectivity index (χ0) is 17.1. The fraction of sp³-hybridized carbons (Fsp3) is 0.333. The Balaban J connectivity index is 1.62. The molecule has 126 valence electrons. The first kappa shape index (κ1) is 16.0. The van der Waals surface area contributed by atoms with Crippen molar-refractivity contribution in [1.82, 2.24) is 15.1 Å². The summed E-state index contributed by atoms with van der Waals surface area (Å²) in [6.07, 6.45) is -1.65. The summed E-state index contributed by atoms with van der Waals surface area (Å²) < 4.78 is 35.1. The Kier molecular flexibility index (Phi) is 4.50. The fourth-order valence-electron chi connectivity index (χ4n) is 2.09. The molecule has 0 aliphatic rings. The molecule has 9 heteroatoms. The van der Waals surface area contributed by atoms with Gasteiger partial charge in [0.25, 0.3) is 5.89 Å². The standard InChI is InChI=1S/C15H14F2N4O3/c1-2-11-20-13(24-21-11)6-5-12(22)18-8-3-4-9-10(7-8)23-15(19-9)14(16)17/h3-4,7,14H,2,5-6H2,1H3,(H,18,22). The highest BCUT2D eigenvalue weighted by atomic mass is 19.3. The number of hydrogen-bond acceptors (Lipinski definition) is 6. The minimum absolute atomic E-state index is 0.155. The monoisotopic (exact) mass is 336 g/mol. The summed E-state index contributed by atoms with van der Waals surface area (Å²) in [5.41, 5.74) is 0.929. The number of anilines is 1. The molecular weight excluding hydrogens is 322 g/mol. The van der Waals surface area contributed by atoms with E-state index in [4.69, 9.17) is 8.94 Å². The Morgan fingerprint density at radius 3 is 2.88 bits per heavy atom. The largest absolute Gasteiger partial charge is 0.435 e. The number of halogens is 2. The zero-order valence-electron chi connectivity index (χ0n) is 12.8. The van der Waals surface area contributed by atoms with Crippen LogP contribution >= 0.6 is 0 Å². The van der Waals surface area contributed by atoms with Crippen molar-refractivity contribution in [2.75, 3.05) is 5.32 Å². The number of hydrogen-bond donors (Lipinski definition) is 1. The van der Waals surface area contributed by atoms with Crippen LogP contribution in [-0.2, 0) is 17.6 Å². The number of rotatable bonds is 6. The van der Waals surface area contributed by atoms with Gasteiger partial charge in [0.1, 0.15) is 5.52 Å². The molecule has 2 heterocycles. The second-order valence-electron chi connectivity index (χ2n) is 5.04. The van der Waals surface area contributed by atoms with E-state index in [1.54, 1.807) is 6.07 Å². The molecule has 3 rings (SSSR count). The average molecular weight is 336 g/mol. The lowest BCUT2D eigenvalue weighted by Gasteiger charge is -2.03. The van der Waals surface area contributed by atoms with Crippen LogP contribution in [0, 0.1) is 0 Å². The molecule has 0 aliphatic carbocycles. The summed E-state index contributed by atoms with van der Waals surface area (Å²) in [6, 6.07) is 4.53. The van der Waals surface area contributed by atoms with Crippen LogP contribution < -0.4 is 5.32 Å². The van der Waals surface area contributed by atoms with Gasteiger partial charge in [0.05, 0.1) is 0 Å². The van der Waals surface area contributed by atoms with Gasteiger partial charge in [0.2, 0.25) is 11.8 Å². The second kappa shape index (κ2) is 6.73. The van der Waals surface area contributed by atoms with Crippen LogP contribution in [0.3, 0.4) is 0 Å². The van der Waals surface area contributed by atoms with E-state index in [0.29, 0.717) is 35.8 Å². The predicted octanol–water partition coefficient (Wildman–Crippen LogP) is 3.28. The maximum Gasteiger partial charge on any atom is 0.313 e. The SMILES string of the molecule is CCc1noc(CCC(=O)Nc2ccc3nc(C(F)F)oc3c2)n1. The fourth-order valence-corrected chi connectivity index (χ4v) is 2.09. The second-order valence-corrected chi connectivity index (χ2v) is 5.04. The molecule has 0 unspecified atom stereocenters. The number of benzene rings is 1. The molecule has 0 bridgehead atoms. The number of carbonyl (C=O) groups is 1. The van der Waals surface area contributed by atoms with E-state index in [2.05, 4.69) is 20.4 Å². The van der Waals surface area contributed by atoms with Crippen LogP contribution in [0.4, 0.5) is 14.5 Å². The van der Waals surface area contributed by atoms with Crippen LogP contribution in [0.1, 0.15) is 37.4 Å². The van der Waals surface area contributed by atoms with Gasteiger partial charge in [-0.05, 0) is 12.1 Å². The molecule has 1 amide bonds. The molecule has 7 nitrogen and oxygen atoms in total. The van der Waals surface area contributed by atoms with Crippen molar-refractivity contribution in [3.05, 3.63) is 35.8 Å². The van der Waals surface area contributed by atoms with Crippen LogP contribution in [-0.4, -0.2) is 21.0 Å². The molecule has 0 aliphatic heterocycles. The van der Waals surface area contributed by atoms with E-state index in [0.717, 1.165) is 0 Å². The van der Waals surface area contributed by atoms with Crippen LogP contribution in [0.25, 0.3) is 11.1 Å². The highest BCUT2D eigenvalue weighted by Crippen LogP contribution is 2.25. The van der Waals surface area contributed by atoms with Crippen LogP contribution in [0.2, 0.25) is 0 Å². The van der Waals surface area contributed by atoms with Crippen molar-refractivity contribution in [1.29, 1.82) is 0 Å². The number of alkyl halides is 2. The third kappa shape index (κ3) is 3.55. The van der Waals surface area contributed by atoms with Gasteiger partial charge in [-0.2, -0.15) is 13.8 Å². The summed E-state index contributed by atoms with van der Waals surface area (Å²) in [5, 5.41) is 6.41. The van der Waals surface area contributed by atoms with Gasteiger partial charge in [-0.15, -0.1) is 0 Å². The van der Waals surface area contributed by atoms with E-state index < -0.39 is 12.3 Å². The maximum absolute atomic E-state index is 12.6. The topological polar surface area (TPSA) is 94.1 Å². The summed E-state index contributed by atoms with van der Waals surface area (Å²) in [6.45, 7) is 1.90. The highest BCUT2D eigenvalue weighted by molar-refractivity contribution is 5.92. The number of fused-ring (bicyclic) bond motifs is 1. The van der Waals surface area contributed by atoms with E-state index >= 15 is 0 Å². The summed E-state index contributed by atoms with van der Waals surface area (Å²) in [5.74, 6) is 0.0843. The van der Waals surface area contributed by atoms with E-state index in [1.165, 1.54) is 12.1 Å². The van der Waals surface area contributed by atoms with Crippen molar-refractivity contribution in [2.24, 2.45) is 0 Å². The first-order valence-electron chi connectivity index (χ1n) is 7.35. The molecule has 2 aromatic heterocycles. The van der Waals surface area contributed by atoms with Crippen molar-refractivity contribution in [2.45, 2.75) is 32.6 Å². The predicted molar refractivity (Wildman–Crippen MR) is 79.6 cm³/mol. The molecule has 0 saturated carbocycles. The minimum Gasteiger partial charge on any atom is -0.435 e. The van der Waals surface area contributed by atoms with Crippen LogP contribution in [0.15, 0.2) is 27.1 Å². The van der Waals surface area contributed by atoms with E-state index in [9.17, 15) is 13.6 Å². The van der Waals surface area contributed by atoms with E-state index in [1.807, 2.05) is 6.92 Å². The first-order chi connectivity index (χ1) is 11.5.